The first-order valence-corrected chi connectivity index (χ1v) is 11.4. The number of quaternary nitrogens is 2. The van der Waals surface area contributed by atoms with Crippen molar-refractivity contribution < 1.29 is 66.5 Å². The van der Waals surface area contributed by atoms with Gasteiger partial charge in [-0.3, -0.25) is 9.59 Å². The van der Waals surface area contributed by atoms with Crippen molar-refractivity contribution in [1.82, 2.24) is 0 Å². The van der Waals surface area contributed by atoms with Gasteiger partial charge in [0.15, 0.2) is 10.2 Å². The first kappa shape index (κ1) is 33.1. The average molecular weight is 646 g/mol. The van der Waals surface area contributed by atoms with E-state index in [0.29, 0.717) is 23.1 Å². The molecular formula is C19H40I2N2O2S2. The summed E-state index contributed by atoms with van der Waals surface area (Å²) in [7, 11) is 12.9. The number of unbranched alkanes of at least 4 members (excludes halogenated alkanes) is 4. The number of rotatable bonds is 14. The van der Waals surface area contributed by atoms with Crippen LogP contribution in [-0.2, 0) is 9.59 Å². The summed E-state index contributed by atoms with van der Waals surface area (Å²) < 4.78 is 1.82. The lowest BCUT2D eigenvalue weighted by Gasteiger charge is -2.23. The zero-order valence-electron chi connectivity index (χ0n) is 18.1. The van der Waals surface area contributed by atoms with Crippen LogP contribution >= 0.6 is 23.5 Å². The lowest BCUT2D eigenvalue weighted by atomic mass is 10.1. The molecule has 27 heavy (non-hydrogen) atoms. The van der Waals surface area contributed by atoms with Gasteiger partial charge in [-0.1, -0.05) is 42.8 Å². The van der Waals surface area contributed by atoms with Crippen LogP contribution in [0.3, 0.4) is 0 Å². The highest BCUT2D eigenvalue weighted by Gasteiger charge is 2.10. The van der Waals surface area contributed by atoms with Crippen molar-refractivity contribution in [3.05, 3.63) is 0 Å². The topological polar surface area (TPSA) is 34.1 Å². The van der Waals surface area contributed by atoms with Crippen LogP contribution in [0.15, 0.2) is 0 Å². The highest BCUT2D eigenvalue weighted by molar-refractivity contribution is 8.13. The molecule has 0 aliphatic carbocycles. The summed E-state index contributed by atoms with van der Waals surface area (Å²) in [5.74, 6) is 1.83. The third-order valence-corrected chi connectivity index (χ3v) is 5.64. The Kier molecular flexibility index (Phi) is 22.3. The molecule has 0 heterocycles. The number of nitrogens with zero attached hydrogens (tertiary/aromatic N) is 2. The number of hydrogen-bond acceptors (Lipinski definition) is 4. The summed E-state index contributed by atoms with van der Waals surface area (Å²) in [5, 5.41) is 0.662. The maximum Gasteiger partial charge on any atom is 0.189 e. The van der Waals surface area contributed by atoms with Crippen LogP contribution in [0.5, 0.6) is 0 Å². The summed E-state index contributed by atoms with van der Waals surface area (Å²) in [5.41, 5.74) is 0. The monoisotopic (exact) mass is 646 g/mol. The van der Waals surface area contributed by atoms with Crippen molar-refractivity contribution in [2.24, 2.45) is 0 Å². The first-order chi connectivity index (χ1) is 11.5. The Hall–Kier alpha value is 1.42. The van der Waals surface area contributed by atoms with Crippen molar-refractivity contribution in [3.63, 3.8) is 0 Å². The molecule has 0 saturated carbocycles. The van der Waals surface area contributed by atoms with Gasteiger partial charge in [-0.05, 0) is 12.8 Å². The van der Waals surface area contributed by atoms with E-state index >= 15 is 0 Å². The van der Waals surface area contributed by atoms with Crippen LogP contribution in [0.2, 0.25) is 0 Å². The van der Waals surface area contributed by atoms with E-state index in [1.165, 1.54) is 23.5 Å². The van der Waals surface area contributed by atoms with E-state index in [4.69, 9.17) is 0 Å². The Morgan fingerprint density at radius 1 is 0.593 bits per heavy atom. The second-order valence-corrected chi connectivity index (χ2v) is 11.0. The fraction of sp³-hybridized carbons (Fsp3) is 0.895. The SMILES string of the molecule is C[N+](C)(C)CCSC(=O)CCCCCCCC(=O)SCC[N+](C)(C)C.[I-].[I-]. The molecule has 0 saturated heterocycles. The fourth-order valence-electron chi connectivity index (χ4n) is 2.08. The van der Waals surface area contributed by atoms with E-state index in [9.17, 15) is 9.59 Å². The Labute approximate surface area is 210 Å². The number of carbonyl (C=O) groups excluding carboxylic acids is 2. The summed E-state index contributed by atoms with van der Waals surface area (Å²) in [4.78, 5) is 23.6. The van der Waals surface area contributed by atoms with Gasteiger partial charge in [0, 0.05) is 12.8 Å². The van der Waals surface area contributed by atoms with Gasteiger partial charge in [-0.2, -0.15) is 0 Å². The summed E-state index contributed by atoms with van der Waals surface area (Å²) in [6, 6.07) is 0. The maximum atomic E-state index is 11.8. The van der Waals surface area contributed by atoms with Gasteiger partial charge in [0.2, 0.25) is 0 Å². The number of halogens is 2. The van der Waals surface area contributed by atoms with Crippen LogP contribution in [0.25, 0.3) is 0 Å². The van der Waals surface area contributed by atoms with Gasteiger partial charge in [0.1, 0.15) is 0 Å². The standard InChI is InChI=1S/C19H40N2O2S2.2HI/c1-20(2,3)14-16-24-18(22)12-10-8-7-9-11-13-19(23)25-17-15-21(4,5)6;;/h7-17H2,1-6H3;2*1H/q+2;;/p-2. The van der Waals surface area contributed by atoms with Crippen molar-refractivity contribution in [1.29, 1.82) is 0 Å². The van der Waals surface area contributed by atoms with E-state index < -0.39 is 0 Å². The molecule has 0 aliphatic heterocycles. The molecule has 0 aromatic carbocycles. The van der Waals surface area contributed by atoms with Crippen LogP contribution in [0.4, 0.5) is 0 Å². The van der Waals surface area contributed by atoms with Gasteiger partial charge in [-0.15, -0.1) is 0 Å². The third kappa shape index (κ3) is 27.4. The lowest BCUT2D eigenvalue weighted by molar-refractivity contribution is -0.867. The Morgan fingerprint density at radius 3 is 1.19 bits per heavy atom. The first-order valence-electron chi connectivity index (χ1n) is 9.42. The van der Waals surface area contributed by atoms with Crippen LogP contribution < -0.4 is 48.0 Å². The normalized spacial score (nSPS) is 11.5. The van der Waals surface area contributed by atoms with Gasteiger partial charge in [0.05, 0.1) is 66.9 Å². The lowest BCUT2D eigenvalue weighted by Crippen LogP contribution is -3.00. The molecule has 0 rings (SSSR count). The third-order valence-electron chi connectivity index (χ3n) is 3.81. The molecule has 0 radical (unpaired) electrons. The fourth-order valence-corrected chi connectivity index (χ4v) is 4.39. The quantitative estimate of drug-likeness (QED) is 0.121. The molecule has 0 aromatic heterocycles. The molecule has 0 spiro atoms. The minimum absolute atomic E-state index is 0. The maximum absolute atomic E-state index is 11.8. The molecule has 0 fully saturated rings. The highest BCUT2D eigenvalue weighted by atomic mass is 127. The Bertz CT molecular complexity index is 362. The van der Waals surface area contributed by atoms with Crippen molar-refractivity contribution in [2.75, 3.05) is 66.9 Å². The molecular weight excluding hydrogens is 606 g/mol. The van der Waals surface area contributed by atoms with E-state index in [1.54, 1.807) is 0 Å². The van der Waals surface area contributed by atoms with Crippen LogP contribution in [0.1, 0.15) is 44.9 Å². The smallest absolute Gasteiger partial charge is 0.189 e. The van der Waals surface area contributed by atoms with E-state index in [2.05, 4.69) is 42.3 Å². The molecule has 0 unspecified atom stereocenters. The number of thioether (sulfide) groups is 2. The minimum atomic E-state index is 0. The Morgan fingerprint density at radius 2 is 0.889 bits per heavy atom. The Balaban J connectivity index is -0.00000288. The minimum Gasteiger partial charge on any atom is -1.00 e. The van der Waals surface area contributed by atoms with E-state index in [-0.39, 0.29) is 48.0 Å². The molecule has 0 aliphatic rings. The largest absolute Gasteiger partial charge is 1.00 e. The van der Waals surface area contributed by atoms with Crippen molar-refractivity contribution in [3.8, 4) is 0 Å². The molecule has 0 N–H and O–H groups in total. The second-order valence-electron chi connectivity index (χ2n) is 8.74. The van der Waals surface area contributed by atoms with Gasteiger partial charge in [0.25, 0.3) is 0 Å². The summed E-state index contributed by atoms with van der Waals surface area (Å²) in [6.45, 7) is 2.05. The second kappa shape index (κ2) is 18.2. The molecule has 0 aromatic rings. The van der Waals surface area contributed by atoms with Gasteiger partial charge >= 0.3 is 0 Å². The van der Waals surface area contributed by atoms with E-state index in [1.807, 2.05) is 0 Å². The molecule has 8 heteroatoms. The molecule has 4 nitrogen and oxygen atoms in total. The predicted octanol–water partition coefficient (Wildman–Crippen LogP) is -2.34. The van der Waals surface area contributed by atoms with Gasteiger partial charge in [-0.25, -0.2) is 0 Å². The summed E-state index contributed by atoms with van der Waals surface area (Å²) >= 11 is 2.96. The average Bonchev–Trinajstić information content (AvgIpc) is 2.43. The van der Waals surface area contributed by atoms with Crippen molar-refractivity contribution >= 4 is 33.8 Å². The zero-order valence-corrected chi connectivity index (χ0v) is 24.0. The van der Waals surface area contributed by atoms with Crippen molar-refractivity contribution in [2.45, 2.75) is 44.9 Å². The van der Waals surface area contributed by atoms with Crippen LogP contribution in [0, 0.1) is 0 Å². The van der Waals surface area contributed by atoms with E-state index in [0.717, 1.165) is 65.7 Å². The molecule has 164 valence electrons. The zero-order chi connectivity index (χ0) is 19.3. The van der Waals surface area contributed by atoms with Crippen LogP contribution in [-0.4, -0.2) is 86.1 Å². The number of hydrogen-bond donors (Lipinski definition) is 0. The highest BCUT2D eigenvalue weighted by Crippen LogP contribution is 2.15. The number of carbonyl (C=O) groups is 2. The molecule has 0 atom stereocenters. The summed E-state index contributed by atoms with van der Waals surface area (Å²) in [6.07, 6.45) is 6.71. The molecule has 0 bridgehead atoms. The van der Waals surface area contributed by atoms with Gasteiger partial charge < -0.3 is 56.9 Å². The predicted molar refractivity (Wildman–Crippen MR) is 113 cm³/mol. The molecule has 0 amide bonds.